The van der Waals surface area contributed by atoms with Crippen molar-refractivity contribution in [1.82, 2.24) is 4.90 Å². The average Bonchev–Trinajstić information content (AvgIpc) is 1.85. The Kier molecular flexibility index (Phi) is 2.67. The molecular weight excluding hydrogens is 160 g/mol. The lowest BCUT2D eigenvalue weighted by Gasteiger charge is -2.39. The third-order valence-electron chi connectivity index (χ3n) is 1.92. The zero-order valence-corrected chi connectivity index (χ0v) is 7.73. The summed E-state index contributed by atoms with van der Waals surface area (Å²) >= 11 is 4.92. The number of thiocarbonyl (C=S) groups is 1. The molecule has 0 unspecified atom stereocenters. The van der Waals surface area contributed by atoms with Gasteiger partial charge in [-0.25, -0.2) is 0 Å². The van der Waals surface area contributed by atoms with Crippen molar-refractivity contribution in [3.63, 3.8) is 0 Å². The van der Waals surface area contributed by atoms with Crippen molar-refractivity contribution in [2.45, 2.75) is 25.9 Å². The van der Waals surface area contributed by atoms with Crippen LogP contribution in [-0.2, 0) is 4.74 Å². The molecule has 0 aromatic carbocycles. The lowest BCUT2D eigenvalue weighted by Crippen LogP contribution is -2.54. The van der Waals surface area contributed by atoms with E-state index in [1.165, 1.54) is 0 Å². The molecule has 0 aromatic rings. The van der Waals surface area contributed by atoms with Gasteiger partial charge >= 0.3 is 0 Å². The van der Waals surface area contributed by atoms with Crippen molar-refractivity contribution in [2.24, 2.45) is 5.73 Å². The van der Waals surface area contributed by atoms with E-state index in [-0.39, 0.29) is 0 Å². The molecule has 0 bridgehead atoms. The number of nitrogens with zero attached hydrogens (tertiary/aromatic N) is 1. The first-order chi connectivity index (χ1) is 5.13. The maximum Gasteiger partial charge on any atom is 0.166 e. The summed E-state index contributed by atoms with van der Waals surface area (Å²) in [5.74, 6) is 0. The van der Waals surface area contributed by atoms with Gasteiger partial charge in [-0.3, -0.25) is 0 Å². The molecule has 11 heavy (non-hydrogen) atoms. The van der Waals surface area contributed by atoms with Crippen LogP contribution in [0.5, 0.6) is 0 Å². The molecule has 0 saturated carbocycles. The molecule has 2 atom stereocenters. The van der Waals surface area contributed by atoms with Gasteiger partial charge in [-0.05, 0) is 26.1 Å². The van der Waals surface area contributed by atoms with Crippen molar-refractivity contribution in [1.29, 1.82) is 0 Å². The quantitative estimate of drug-likeness (QED) is 0.537. The zero-order valence-electron chi connectivity index (χ0n) is 6.91. The highest BCUT2D eigenvalue weighted by Crippen LogP contribution is 2.11. The van der Waals surface area contributed by atoms with Crippen LogP contribution in [0.4, 0.5) is 0 Å². The monoisotopic (exact) mass is 174 g/mol. The van der Waals surface area contributed by atoms with Crippen molar-refractivity contribution >= 4 is 17.3 Å². The van der Waals surface area contributed by atoms with Crippen LogP contribution in [0, 0.1) is 0 Å². The molecular formula is C7H14N2OS. The molecule has 0 aromatic heterocycles. The standard InChI is InChI=1S/C7H14N2OS/c1-5-3-10-4-6(2)9(5)7(8)11/h5-6H,3-4H2,1-2H3,(H2,8,11)/t5-,6-/m1/s1. The van der Waals surface area contributed by atoms with Crippen molar-refractivity contribution in [3.8, 4) is 0 Å². The Morgan fingerprint density at radius 1 is 1.45 bits per heavy atom. The van der Waals surface area contributed by atoms with E-state index < -0.39 is 0 Å². The number of ether oxygens (including phenoxy) is 1. The van der Waals surface area contributed by atoms with E-state index in [0.717, 1.165) is 13.2 Å². The molecule has 3 nitrogen and oxygen atoms in total. The molecule has 0 spiro atoms. The first kappa shape index (κ1) is 8.74. The highest BCUT2D eigenvalue weighted by Gasteiger charge is 2.25. The van der Waals surface area contributed by atoms with Gasteiger partial charge < -0.3 is 15.4 Å². The number of morpholine rings is 1. The fraction of sp³-hybridized carbons (Fsp3) is 0.857. The summed E-state index contributed by atoms with van der Waals surface area (Å²) in [5.41, 5.74) is 5.55. The first-order valence-electron chi connectivity index (χ1n) is 3.78. The minimum Gasteiger partial charge on any atom is -0.377 e. The van der Waals surface area contributed by atoms with Gasteiger partial charge in [-0.15, -0.1) is 0 Å². The van der Waals surface area contributed by atoms with Crippen LogP contribution in [0.25, 0.3) is 0 Å². The Bertz CT molecular complexity index is 153. The SMILES string of the molecule is C[C@@H]1COC[C@@H](C)N1C(N)=S. The Morgan fingerprint density at radius 3 is 2.18 bits per heavy atom. The maximum absolute atomic E-state index is 5.55. The molecule has 1 fully saturated rings. The van der Waals surface area contributed by atoms with Gasteiger partial charge in [0.05, 0.1) is 25.3 Å². The minimum atomic E-state index is 0.316. The van der Waals surface area contributed by atoms with Crippen LogP contribution in [0.1, 0.15) is 13.8 Å². The number of nitrogens with two attached hydrogens (primary N) is 1. The van der Waals surface area contributed by atoms with E-state index in [9.17, 15) is 0 Å². The summed E-state index contributed by atoms with van der Waals surface area (Å²) in [6.45, 7) is 5.58. The summed E-state index contributed by atoms with van der Waals surface area (Å²) in [5, 5.41) is 0.480. The zero-order chi connectivity index (χ0) is 8.43. The van der Waals surface area contributed by atoms with Crippen molar-refractivity contribution in [2.75, 3.05) is 13.2 Å². The van der Waals surface area contributed by atoms with E-state index in [0.29, 0.717) is 17.2 Å². The van der Waals surface area contributed by atoms with Crippen LogP contribution in [0.3, 0.4) is 0 Å². The molecule has 2 N–H and O–H groups in total. The first-order valence-corrected chi connectivity index (χ1v) is 4.19. The Balaban J connectivity index is 2.62. The van der Waals surface area contributed by atoms with Crippen LogP contribution >= 0.6 is 12.2 Å². The molecule has 0 aliphatic carbocycles. The molecule has 0 amide bonds. The van der Waals surface area contributed by atoms with E-state index in [2.05, 4.69) is 13.8 Å². The van der Waals surface area contributed by atoms with Crippen LogP contribution in [-0.4, -0.2) is 35.3 Å². The lowest BCUT2D eigenvalue weighted by molar-refractivity contribution is 0.0000389. The highest BCUT2D eigenvalue weighted by molar-refractivity contribution is 7.80. The number of hydrogen-bond acceptors (Lipinski definition) is 2. The van der Waals surface area contributed by atoms with Crippen molar-refractivity contribution in [3.05, 3.63) is 0 Å². The van der Waals surface area contributed by atoms with E-state index >= 15 is 0 Å². The molecule has 1 aliphatic heterocycles. The Morgan fingerprint density at radius 2 is 1.91 bits per heavy atom. The fourth-order valence-corrected chi connectivity index (χ4v) is 1.80. The van der Waals surface area contributed by atoms with Crippen LogP contribution < -0.4 is 5.73 Å². The minimum absolute atomic E-state index is 0.316. The van der Waals surface area contributed by atoms with E-state index in [4.69, 9.17) is 22.7 Å². The van der Waals surface area contributed by atoms with Gasteiger partial charge in [0, 0.05) is 0 Å². The number of hydrogen-bond donors (Lipinski definition) is 1. The normalized spacial score (nSPS) is 32.0. The van der Waals surface area contributed by atoms with Gasteiger partial charge in [0.1, 0.15) is 0 Å². The second-order valence-electron chi connectivity index (χ2n) is 2.98. The molecule has 1 aliphatic rings. The van der Waals surface area contributed by atoms with Crippen LogP contribution in [0.15, 0.2) is 0 Å². The second kappa shape index (κ2) is 3.36. The summed E-state index contributed by atoms with van der Waals surface area (Å²) < 4.78 is 5.32. The van der Waals surface area contributed by atoms with E-state index in [1.807, 2.05) is 4.90 Å². The molecule has 1 saturated heterocycles. The van der Waals surface area contributed by atoms with E-state index in [1.54, 1.807) is 0 Å². The second-order valence-corrected chi connectivity index (χ2v) is 3.40. The molecule has 0 radical (unpaired) electrons. The highest BCUT2D eigenvalue weighted by atomic mass is 32.1. The number of rotatable bonds is 0. The average molecular weight is 174 g/mol. The van der Waals surface area contributed by atoms with Crippen LogP contribution in [0.2, 0.25) is 0 Å². The Labute approximate surface area is 72.5 Å². The predicted molar refractivity (Wildman–Crippen MR) is 48.4 cm³/mol. The lowest BCUT2D eigenvalue weighted by atomic mass is 10.2. The van der Waals surface area contributed by atoms with Gasteiger partial charge in [0.2, 0.25) is 0 Å². The Hall–Kier alpha value is -0.350. The third kappa shape index (κ3) is 1.81. The van der Waals surface area contributed by atoms with Crippen molar-refractivity contribution < 1.29 is 4.74 Å². The smallest absolute Gasteiger partial charge is 0.166 e. The third-order valence-corrected chi connectivity index (χ3v) is 2.13. The van der Waals surface area contributed by atoms with Gasteiger partial charge in [0.25, 0.3) is 0 Å². The van der Waals surface area contributed by atoms with Gasteiger partial charge in [-0.2, -0.15) is 0 Å². The fourth-order valence-electron chi connectivity index (χ4n) is 1.44. The molecule has 1 rings (SSSR count). The largest absolute Gasteiger partial charge is 0.377 e. The molecule has 64 valence electrons. The van der Waals surface area contributed by atoms with Gasteiger partial charge in [0.15, 0.2) is 5.11 Å². The topological polar surface area (TPSA) is 38.5 Å². The summed E-state index contributed by atoms with van der Waals surface area (Å²) in [6.07, 6.45) is 0. The summed E-state index contributed by atoms with van der Waals surface area (Å²) in [6, 6.07) is 0.632. The maximum atomic E-state index is 5.55. The molecule has 1 heterocycles. The summed E-state index contributed by atoms with van der Waals surface area (Å²) in [4.78, 5) is 2.03. The van der Waals surface area contributed by atoms with Gasteiger partial charge in [-0.1, -0.05) is 0 Å². The predicted octanol–water partition coefficient (Wildman–Crippen LogP) is 0.339. The molecule has 4 heteroatoms. The summed E-state index contributed by atoms with van der Waals surface area (Å²) in [7, 11) is 0.